The first-order valence-electron chi connectivity index (χ1n) is 17.2. The van der Waals surface area contributed by atoms with Crippen molar-refractivity contribution in [1.82, 2.24) is 9.55 Å². The summed E-state index contributed by atoms with van der Waals surface area (Å²) in [5, 5.41) is 8.86. The highest BCUT2D eigenvalue weighted by molar-refractivity contribution is 5.69. The van der Waals surface area contributed by atoms with Crippen molar-refractivity contribution in [3.63, 3.8) is 0 Å². The lowest BCUT2D eigenvalue weighted by atomic mass is 9.80. The Bertz CT molecular complexity index is 1780. The smallest absolute Gasteiger partial charge is 0.330 e. The molecule has 0 bridgehead atoms. The van der Waals surface area contributed by atoms with Crippen LogP contribution in [0.25, 0.3) is 0 Å². The molecule has 4 aromatic rings. The summed E-state index contributed by atoms with van der Waals surface area (Å²) in [5.74, 6) is 1.02. The number of carbonyl (C=O) groups is 1. The van der Waals surface area contributed by atoms with Crippen LogP contribution in [0.4, 0.5) is 0 Å². The van der Waals surface area contributed by atoms with Gasteiger partial charge >= 0.3 is 11.7 Å². The summed E-state index contributed by atoms with van der Waals surface area (Å²) in [6, 6.07) is 25.2. The topological polar surface area (TPSA) is 157 Å². The number of hydrogen-bond donors (Lipinski definition) is 2. The lowest BCUT2D eigenvalue weighted by molar-refractivity contribution is -0.146. The molecule has 0 radical (unpaired) electrons. The highest BCUT2D eigenvalue weighted by Crippen LogP contribution is 2.43. The van der Waals surface area contributed by atoms with E-state index >= 15 is 0 Å². The van der Waals surface area contributed by atoms with Crippen LogP contribution < -0.4 is 20.7 Å². The van der Waals surface area contributed by atoms with Gasteiger partial charge < -0.3 is 38.3 Å². The van der Waals surface area contributed by atoms with Crippen LogP contribution in [0.5, 0.6) is 11.5 Å². The first-order valence-corrected chi connectivity index (χ1v) is 17.2. The summed E-state index contributed by atoms with van der Waals surface area (Å²) in [4.78, 5) is 39.3. The number of hydrogen-bond acceptors (Lipinski definition) is 11. The molecule has 5 rings (SSSR count). The highest BCUT2D eigenvalue weighted by Gasteiger charge is 2.43. The van der Waals surface area contributed by atoms with Crippen molar-refractivity contribution in [2.45, 2.75) is 56.6 Å². The Morgan fingerprint density at radius 3 is 2.15 bits per heavy atom. The largest absolute Gasteiger partial charge is 0.497 e. The number of aliphatic hydroxyl groups excluding tert-OH is 1. The molecule has 3 atom stereocenters. The number of nitrogens with zero attached hydrogens (tertiary/aromatic N) is 1. The van der Waals surface area contributed by atoms with Crippen LogP contribution in [0, 0.1) is 6.92 Å². The standard InChI is InChI=1S/C39H46N2O11/c1-27-24-41(38(45)40-37(27)44)35-23-33(50-26-48-21-7-11-36(43)49-22-8-20-42)34(52-35)25-51-39(28-9-5-4-6-10-28,29-12-16-31(46-2)17-13-29)30-14-18-32(47-3)19-15-30/h4-6,9-10,12-19,24,33-35,42H,7-8,11,20-23,25-26H2,1-3H3,(H,40,44,45)/t33-,34+,35+/m0/s1. The molecule has 3 aromatic carbocycles. The third-order valence-corrected chi connectivity index (χ3v) is 8.87. The van der Waals surface area contributed by atoms with Gasteiger partial charge in [0.1, 0.15) is 36.2 Å². The van der Waals surface area contributed by atoms with Gasteiger partial charge in [0.15, 0.2) is 0 Å². The minimum atomic E-state index is -1.13. The molecule has 0 aliphatic carbocycles. The number of H-pyrrole nitrogens is 1. The van der Waals surface area contributed by atoms with E-state index in [1.54, 1.807) is 21.1 Å². The van der Waals surface area contributed by atoms with Crippen molar-refractivity contribution in [3.05, 3.63) is 128 Å². The molecular formula is C39H46N2O11. The van der Waals surface area contributed by atoms with Gasteiger partial charge in [-0.3, -0.25) is 19.1 Å². The van der Waals surface area contributed by atoms with E-state index in [2.05, 4.69) is 4.98 Å². The van der Waals surface area contributed by atoms with Gasteiger partial charge in [0.25, 0.3) is 5.56 Å². The predicted octanol–water partition coefficient (Wildman–Crippen LogP) is 4.22. The van der Waals surface area contributed by atoms with Crippen LogP contribution in [0.3, 0.4) is 0 Å². The van der Waals surface area contributed by atoms with E-state index in [1.165, 1.54) is 10.8 Å². The second kappa shape index (κ2) is 18.6. The molecular weight excluding hydrogens is 672 g/mol. The minimum Gasteiger partial charge on any atom is -0.497 e. The SMILES string of the molecule is COc1ccc(C(OC[C@H]2O[C@@H](n3cc(C)c(=O)[nH]c3=O)C[C@@H]2OCOCCCC(=O)OCCCO)(c2ccccc2)c2ccc(OC)cc2)cc1. The number of aromatic amines is 1. The number of esters is 1. The Kier molecular flexibility index (Phi) is 13.8. The number of aromatic nitrogens is 2. The van der Waals surface area contributed by atoms with E-state index in [4.69, 9.17) is 38.3 Å². The second-order valence-corrected chi connectivity index (χ2v) is 12.3. The summed E-state index contributed by atoms with van der Waals surface area (Å²) >= 11 is 0. The van der Waals surface area contributed by atoms with Crippen molar-refractivity contribution in [1.29, 1.82) is 0 Å². The molecule has 0 spiro atoms. The van der Waals surface area contributed by atoms with Crippen molar-refractivity contribution < 1.29 is 43.1 Å². The van der Waals surface area contributed by atoms with Crippen molar-refractivity contribution in [2.24, 2.45) is 0 Å². The fourth-order valence-corrected chi connectivity index (χ4v) is 6.11. The van der Waals surface area contributed by atoms with E-state index in [1.807, 2.05) is 78.9 Å². The van der Waals surface area contributed by atoms with Gasteiger partial charge in [-0.05, 0) is 54.3 Å². The molecule has 1 aliphatic heterocycles. The molecule has 1 aliphatic rings. The zero-order chi connectivity index (χ0) is 36.9. The number of rotatable bonds is 19. The lowest BCUT2D eigenvalue weighted by Crippen LogP contribution is -2.39. The van der Waals surface area contributed by atoms with Crippen LogP contribution in [0.1, 0.15) is 54.2 Å². The van der Waals surface area contributed by atoms with Gasteiger partial charge in [0.2, 0.25) is 0 Å². The number of aryl methyl sites for hydroxylation is 1. The van der Waals surface area contributed by atoms with Crippen LogP contribution in [0.2, 0.25) is 0 Å². The Labute approximate surface area is 302 Å². The summed E-state index contributed by atoms with van der Waals surface area (Å²) < 4.78 is 42.8. The number of ether oxygens (including phenoxy) is 7. The molecule has 2 heterocycles. The molecule has 13 nitrogen and oxygen atoms in total. The first kappa shape index (κ1) is 38.4. The Morgan fingerprint density at radius 2 is 1.54 bits per heavy atom. The van der Waals surface area contributed by atoms with Gasteiger partial charge in [-0.15, -0.1) is 0 Å². The summed E-state index contributed by atoms with van der Waals surface area (Å²) in [6.45, 7) is 1.93. The van der Waals surface area contributed by atoms with Crippen LogP contribution in [-0.2, 0) is 34.1 Å². The Morgan fingerprint density at radius 1 is 0.904 bits per heavy atom. The van der Waals surface area contributed by atoms with Gasteiger partial charge in [0, 0.05) is 44.2 Å². The number of carbonyl (C=O) groups excluding carboxylic acids is 1. The maximum Gasteiger partial charge on any atom is 0.330 e. The van der Waals surface area contributed by atoms with Gasteiger partial charge in [-0.2, -0.15) is 0 Å². The molecule has 13 heteroatoms. The van der Waals surface area contributed by atoms with Crippen LogP contribution >= 0.6 is 0 Å². The number of benzene rings is 3. The van der Waals surface area contributed by atoms with Gasteiger partial charge in [-0.1, -0.05) is 54.6 Å². The third kappa shape index (κ3) is 9.35. The maximum atomic E-state index is 12.9. The predicted molar refractivity (Wildman–Crippen MR) is 190 cm³/mol. The van der Waals surface area contributed by atoms with E-state index in [0.29, 0.717) is 29.9 Å². The normalized spacial score (nSPS) is 17.2. The number of nitrogens with one attached hydrogen (secondary N) is 1. The molecule has 1 saturated heterocycles. The highest BCUT2D eigenvalue weighted by atomic mass is 16.7. The Balaban J connectivity index is 1.41. The van der Waals surface area contributed by atoms with E-state index < -0.39 is 35.3 Å². The number of aliphatic hydroxyl groups is 1. The van der Waals surface area contributed by atoms with E-state index in [-0.39, 0.29) is 52.0 Å². The second-order valence-electron chi connectivity index (χ2n) is 12.3. The molecule has 0 saturated carbocycles. The number of methoxy groups -OCH3 is 2. The summed E-state index contributed by atoms with van der Waals surface area (Å²) in [6.07, 6.45) is 0.721. The average Bonchev–Trinajstić information content (AvgIpc) is 3.58. The molecule has 1 fully saturated rings. The molecule has 0 unspecified atom stereocenters. The van der Waals surface area contributed by atoms with Crippen molar-refractivity contribution in [2.75, 3.05) is 47.4 Å². The third-order valence-electron chi connectivity index (χ3n) is 8.87. The van der Waals surface area contributed by atoms with Crippen LogP contribution in [-0.4, -0.2) is 80.3 Å². The summed E-state index contributed by atoms with van der Waals surface area (Å²) in [7, 11) is 3.22. The molecule has 1 aromatic heterocycles. The lowest BCUT2D eigenvalue weighted by Gasteiger charge is -2.37. The fourth-order valence-electron chi connectivity index (χ4n) is 6.11. The van der Waals surface area contributed by atoms with E-state index in [0.717, 1.165) is 16.7 Å². The van der Waals surface area contributed by atoms with Gasteiger partial charge in [0.05, 0.1) is 33.5 Å². The quantitative estimate of drug-likeness (QED) is 0.0620. The zero-order valence-electron chi connectivity index (χ0n) is 29.7. The maximum absolute atomic E-state index is 12.9. The molecule has 278 valence electrons. The molecule has 2 N–H and O–H groups in total. The summed E-state index contributed by atoms with van der Waals surface area (Å²) in [5.41, 5.74) is 0.704. The monoisotopic (exact) mass is 718 g/mol. The van der Waals surface area contributed by atoms with Crippen molar-refractivity contribution in [3.8, 4) is 11.5 Å². The average molecular weight is 719 g/mol. The Hall–Kier alpha value is -4.79. The zero-order valence-corrected chi connectivity index (χ0v) is 29.7. The van der Waals surface area contributed by atoms with E-state index in [9.17, 15) is 14.4 Å². The van der Waals surface area contributed by atoms with Crippen molar-refractivity contribution >= 4 is 5.97 Å². The van der Waals surface area contributed by atoms with Crippen LogP contribution in [0.15, 0.2) is 94.6 Å². The molecule has 52 heavy (non-hydrogen) atoms. The minimum absolute atomic E-state index is 0.0326. The fraction of sp³-hybridized carbons (Fsp3) is 0.410. The van der Waals surface area contributed by atoms with Gasteiger partial charge in [-0.25, -0.2) is 4.79 Å². The first-order chi connectivity index (χ1) is 25.3. The molecule has 0 amide bonds.